The highest BCUT2D eigenvalue weighted by molar-refractivity contribution is 7.89. The molecule has 0 atom stereocenters. The molecule has 2 aromatic carbocycles. The van der Waals surface area contributed by atoms with Crippen LogP contribution in [0, 0.1) is 5.92 Å². The fourth-order valence-electron chi connectivity index (χ4n) is 2.98. The molecule has 0 aliphatic carbocycles. The fraction of sp³-hybridized carbons (Fsp3) is 0.353. The Bertz CT molecular complexity index is 823. The smallest absolute Gasteiger partial charge is 0.308 e. The fourth-order valence-corrected chi connectivity index (χ4v) is 4.48. The lowest BCUT2D eigenvalue weighted by Gasteiger charge is -2.29. The highest BCUT2D eigenvalue weighted by Crippen LogP contribution is 2.26. The summed E-state index contributed by atoms with van der Waals surface area (Å²) >= 11 is 0. The van der Waals surface area contributed by atoms with Crippen molar-refractivity contribution in [2.45, 2.75) is 17.7 Å². The Labute approximate surface area is 135 Å². The summed E-state index contributed by atoms with van der Waals surface area (Å²) in [4.78, 5) is 11.8. The van der Waals surface area contributed by atoms with Crippen LogP contribution in [-0.2, 0) is 19.6 Å². The molecular formula is C17H19NO4S. The van der Waals surface area contributed by atoms with Gasteiger partial charge >= 0.3 is 5.97 Å². The zero-order valence-corrected chi connectivity index (χ0v) is 13.8. The molecule has 0 radical (unpaired) electrons. The van der Waals surface area contributed by atoms with Crippen LogP contribution in [0.4, 0.5) is 0 Å². The van der Waals surface area contributed by atoms with Crippen molar-refractivity contribution in [3.63, 3.8) is 0 Å². The van der Waals surface area contributed by atoms with Crippen LogP contribution >= 0.6 is 0 Å². The lowest BCUT2D eigenvalue weighted by molar-refractivity contribution is -0.146. The lowest BCUT2D eigenvalue weighted by Crippen LogP contribution is -2.40. The largest absolute Gasteiger partial charge is 0.469 e. The number of carbonyl (C=O) groups excluding carboxylic acids is 1. The van der Waals surface area contributed by atoms with Crippen molar-refractivity contribution in [2.75, 3.05) is 20.2 Å². The first kappa shape index (κ1) is 16.0. The van der Waals surface area contributed by atoms with E-state index in [-0.39, 0.29) is 11.9 Å². The van der Waals surface area contributed by atoms with E-state index >= 15 is 0 Å². The second kappa shape index (κ2) is 6.29. The van der Waals surface area contributed by atoms with Gasteiger partial charge in [-0.3, -0.25) is 4.79 Å². The summed E-state index contributed by atoms with van der Waals surface area (Å²) in [6.45, 7) is 0.684. The molecule has 0 saturated carbocycles. The van der Waals surface area contributed by atoms with E-state index in [1.54, 1.807) is 12.1 Å². The minimum Gasteiger partial charge on any atom is -0.469 e. The Morgan fingerprint density at radius 3 is 2.39 bits per heavy atom. The Balaban J connectivity index is 1.82. The summed E-state index contributed by atoms with van der Waals surface area (Å²) in [5.41, 5.74) is 0. The normalized spacial score (nSPS) is 17.3. The molecule has 0 N–H and O–H groups in total. The van der Waals surface area contributed by atoms with Gasteiger partial charge in [-0.2, -0.15) is 4.31 Å². The van der Waals surface area contributed by atoms with E-state index in [2.05, 4.69) is 0 Å². The van der Waals surface area contributed by atoms with Crippen LogP contribution in [0.15, 0.2) is 47.4 Å². The van der Waals surface area contributed by atoms with Crippen LogP contribution < -0.4 is 0 Å². The van der Waals surface area contributed by atoms with Gasteiger partial charge in [0.05, 0.1) is 17.9 Å². The van der Waals surface area contributed by atoms with Crippen molar-refractivity contribution < 1.29 is 17.9 Å². The number of hydrogen-bond acceptors (Lipinski definition) is 4. The number of benzene rings is 2. The number of esters is 1. The Morgan fingerprint density at radius 1 is 1.09 bits per heavy atom. The first-order valence-electron chi connectivity index (χ1n) is 7.59. The van der Waals surface area contributed by atoms with Gasteiger partial charge in [-0.05, 0) is 35.7 Å². The van der Waals surface area contributed by atoms with E-state index in [9.17, 15) is 13.2 Å². The number of hydrogen-bond donors (Lipinski definition) is 0. The average Bonchev–Trinajstić information content (AvgIpc) is 2.60. The van der Waals surface area contributed by atoms with Gasteiger partial charge in [0.15, 0.2) is 0 Å². The average molecular weight is 333 g/mol. The van der Waals surface area contributed by atoms with E-state index in [1.165, 1.54) is 11.4 Å². The monoisotopic (exact) mass is 333 g/mol. The minimum absolute atomic E-state index is 0.206. The van der Waals surface area contributed by atoms with Crippen molar-refractivity contribution in [1.29, 1.82) is 0 Å². The van der Waals surface area contributed by atoms with Crippen LogP contribution in [-0.4, -0.2) is 38.9 Å². The second-order valence-electron chi connectivity index (χ2n) is 5.71. The summed E-state index contributed by atoms with van der Waals surface area (Å²) < 4.78 is 31.8. The van der Waals surface area contributed by atoms with Crippen LogP contribution in [0.1, 0.15) is 12.8 Å². The van der Waals surface area contributed by atoms with Crippen LogP contribution in [0.3, 0.4) is 0 Å². The molecule has 1 saturated heterocycles. The highest BCUT2D eigenvalue weighted by atomic mass is 32.2. The van der Waals surface area contributed by atoms with E-state index in [0.717, 1.165) is 10.8 Å². The molecule has 0 aromatic heterocycles. The van der Waals surface area contributed by atoms with Crippen molar-refractivity contribution in [3.05, 3.63) is 42.5 Å². The molecule has 0 unspecified atom stereocenters. The third-order valence-electron chi connectivity index (χ3n) is 4.35. The van der Waals surface area contributed by atoms with E-state index in [0.29, 0.717) is 30.8 Å². The molecule has 122 valence electrons. The molecule has 6 heteroatoms. The van der Waals surface area contributed by atoms with Gasteiger partial charge in [0.2, 0.25) is 10.0 Å². The van der Waals surface area contributed by atoms with Crippen LogP contribution in [0.25, 0.3) is 10.8 Å². The van der Waals surface area contributed by atoms with Crippen molar-refractivity contribution >= 4 is 26.8 Å². The standard InChI is InChI=1S/C17H19NO4S/c1-22-17(19)14-8-10-18(11-9-14)23(20,21)16-7-6-13-4-2-3-5-15(13)12-16/h2-7,12,14H,8-11H2,1H3. The van der Waals surface area contributed by atoms with Gasteiger partial charge < -0.3 is 4.74 Å². The van der Waals surface area contributed by atoms with Crippen molar-refractivity contribution in [2.24, 2.45) is 5.92 Å². The van der Waals surface area contributed by atoms with Gasteiger partial charge in [-0.25, -0.2) is 8.42 Å². The first-order valence-corrected chi connectivity index (χ1v) is 9.03. The quantitative estimate of drug-likeness (QED) is 0.809. The van der Waals surface area contributed by atoms with Crippen molar-refractivity contribution in [1.82, 2.24) is 4.31 Å². The SMILES string of the molecule is COC(=O)C1CCN(S(=O)(=O)c2ccc3ccccc3c2)CC1. The number of rotatable bonds is 3. The third-order valence-corrected chi connectivity index (χ3v) is 6.24. The molecule has 1 aliphatic rings. The maximum absolute atomic E-state index is 12.8. The molecule has 5 nitrogen and oxygen atoms in total. The summed E-state index contributed by atoms with van der Waals surface area (Å²) in [5, 5.41) is 1.91. The van der Waals surface area contributed by atoms with E-state index < -0.39 is 10.0 Å². The number of methoxy groups -OCH3 is 1. The van der Waals surface area contributed by atoms with Gasteiger partial charge in [0.1, 0.15) is 0 Å². The first-order chi connectivity index (χ1) is 11.0. The summed E-state index contributed by atoms with van der Waals surface area (Å²) in [6.07, 6.45) is 0.999. The number of carbonyl (C=O) groups is 1. The second-order valence-corrected chi connectivity index (χ2v) is 7.65. The molecule has 1 heterocycles. The Hall–Kier alpha value is -1.92. The Kier molecular flexibility index (Phi) is 4.37. The maximum atomic E-state index is 12.8. The van der Waals surface area contributed by atoms with Gasteiger partial charge in [0, 0.05) is 13.1 Å². The third kappa shape index (κ3) is 3.09. The van der Waals surface area contributed by atoms with Crippen molar-refractivity contribution in [3.8, 4) is 0 Å². The number of sulfonamides is 1. The number of piperidine rings is 1. The predicted octanol–water partition coefficient (Wildman–Crippen LogP) is 2.41. The number of nitrogens with zero attached hydrogens (tertiary/aromatic N) is 1. The topological polar surface area (TPSA) is 63.7 Å². The van der Waals surface area contributed by atoms with E-state index in [1.807, 2.05) is 30.3 Å². The van der Waals surface area contributed by atoms with Gasteiger partial charge in [-0.15, -0.1) is 0 Å². The summed E-state index contributed by atoms with van der Waals surface area (Å²) in [7, 11) is -2.17. The minimum atomic E-state index is -3.53. The lowest BCUT2D eigenvalue weighted by atomic mass is 9.99. The maximum Gasteiger partial charge on any atom is 0.308 e. The molecule has 0 spiro atoms. The molecule has 0 bridgehead atoms. The highest BCUT2D eigenvalue weighted by Gasteiger charge is 2.32. The van der Waals surface area contributed by atoms with Gasteiger partial charge in [0.25, 0.3) is 0 Å². The molecule has 1 fully saturated rings. The van der Waals surface area contributed by atoms with Crippen LogP contribution in [0.5, 0.6) is 0 Å². The molecule has 3 rings (SSSR count). The number of ether oxygens (including phenoxy) is 1. The Morgan fingerprint density at radius 2 is 1.74 bits per heavy atom. The molecule has 1 aliphatic heterocycles. The molecule has 0 amide bonds. The zero-order chi connectivity index (χ0) is 16.4. The molecule has 2 aromatic rings. The molecular weight excluding hydrogens is 314 g/mol. The van der Waals surface area contributed by atoms with Gasteiger partial charge in [-0.1, -0.05) is 30.3 Å². The molecule has 23 heavy (non-hydrogen) atoms. The summed E-state index contributed by atoms with van der Waals surface area (Å²) in [5.74, 6) is -0.462. The van der Waals surface area contributed by atoms with Crippen LogP contribution in [0.2, 0.25) is 0 Å². The number of fused-ring (bicyclic) bond motifs is 1. The zero-order valence-electron chi connectivity index (χ0n) is 12.9. The predicted molar refractivity (Wildman–Crippen MR) is 87.4 cm³/mol. The van der Waals surface area contributed by atoms with E-state index in [4.69, 9.17) is 4.74 Å². The summed E-state index contributed by atoms with van der Waals surface area (Å²) in [6, 6.07) is 12.8.